The highest BCUT2D eigenvalue weighted by Gasteiger charge is 2.01. The number of nitrogens with zero attached hydrogens (tertiary/aromatic N) is 1. The Morgan fingerprint density at radius 3 is 2.91 bits per heavy atom. The number of rotatable bonds is 3. The van der Waals surface area contributed by atoms with Gasteiger partial charge in [-0.25, -0.2) is 0 Å². The molecule has 0 spiro atoms. The number of hydrogen-bond acceptors (Lipinski definition) is 3. The number of aryl methyl sites for hydroxylation is 2. The highest BCUT2D eigenvalue weighted by atomic mass is 16.5. The van der Waals surface area contributed by atoms with Gasteiger partial charge in [-0.1, -0.05) is 5.16 Å². The first-order valence-electron chi connectivity index (χ1n) is 3.60. The van der Waals surface area contributed by atoms with Crippen LogP contribution in [-0.2, 0) is 11.2 Å². The van der Waals surface area contributed by atoms with E-state index in [1.165, 1.54) is 0 Å². The van der Waals surface area contributed by atoms with Crippen LogP contribution in [0.25, 0.3) is 0 Å². The van der Waals surface area contributed by atoms with Gasteiger partial charge in [0.25, 0.3) is 0 Å². The molecule has 0 saturated carbocycles. The molecule has 0 aromatic carbocycles. The fourth-order valence-corrected chi connectivity index (χ4v) is 0.833. The summed E-state index contributed by atoms with van der Waals surface area (Å²) < 4.78 is 4.91. The Hall–Kier alpha value is -1.12. The summed E-state index contributed by atoms with van der Waals surface area (Å²) in [5.74, 6) is 0.969. The van der Waals surface area contributed by atoms with Crippen molar-refractivity contribution in [1.29, 1.82) is 0 Å². The van der Waals surface area contributed by atoms with Crippen molar-refractivity contribution >= 4 is 5.78 Å². The smallest absolute Gasteiger partial charge is 0.137 e. The first kappa shape index (κ1) is 7.98. The molecule has 3 heteroatoms. The molecule has 1 aromatic rings. The molecule has 0 aliphatic carbocycles. The Kier molecular flexibility index (Phi) is 2.41. The Labute approximate surface area is 65.4 Å². The van der Waals surface area contributed by atoms with Gasteiger partial charge in [-0.3, -0.25) is 0 Å². The Morgan fingerprint density at radius 2 is 2.45 bits per heavy atom. The van der Waals surface area contributed by atoms with Crippen molar-refractivity contribution < 1.29 is 9.32 Å². The van der Waals surface area contributed by atoms with Crippen LogP contribution < -0.4 is 0 Å². The van der Waals surface area contributed by atoms with Crippen LogP contribution in [0.5, 0.6) is 0 Å². The SMILES string of the molecule is CC(=O)CCc1cc(C)no1. The number of Topliss-reactive ketones (excluding diaryl/α,β-unsaturated/α-hetero) is 1. The van der Waals surface area contributed by atoms with E-state index in [-0.39, 0.29) is 5.78 Å². The van der Waals surface area contributed by atoms with Crippen LogP contribution in [0.2, 0.25) is 0 Å². The fraction of sp³-hybridized carbons (Fsp3) is 0.500. The molecule has 0 saturated heterocycles. The molecule has 0 fully saturated rings. The van der Waals surface area contributed by atoms with Gasteiger partial charge in [0.05, 0.1) is 5.69 Å². The van der Waals surface area contributed by atoms with Crippen molar-refractivity contribution in [3.8, 4) is 0 Å². The van der Waals surface area contributed by atoms with Gasteiger partial charge in [0.1, 0.15) is 11.5 Å². The maximum Gasteiger partial charge on any atom is 0.137 e. The van der Waals surface area contributed by atoms with Crippen molar-refractivity contribution in [3.63, 3.8) is 0 Å². The van der Waals surface area contributed by atoms with Gasteiger partial charge in [0, 0.05) is 18.9 Å². The Balaban J connectivity index is 2.45. The standard InChI is InChI=1S/C8H11NO2/c1-6-5-8(11-9-6)4-3-7(2)10/h5H,3-4H2,1-2H3. The summed E-state index contributed by atoms with van der Waals surface area (Å²) >= 11 is 0. The third-order valence-electron chi connectivity index (χ3n) is 1.40. The zero-order valence-corrected chi connectivity index (χ0v) is 6.76. The summed E-state index contributed by atoms with van der Waals surface area (Å²) in [5, 5.41) is 3.71. The lowest BCUT2D eigenvalue weighted by atomic mass is 10.2. The number of aromatic nitrogens is 1. The second-order valence-electron chi connectivity index (χ2n) is 2.64. The molecule has 0 bridgehead atoms. The highest BCUT2D eigenvalue weighted by molar-refractivity contribution is 5.75. The minimum absolute atomic E-state index is 0.180. The normalized spacial score (nSPS) is 10.0. The molecular weight excluding hydrogens is 142 g/mol. The van der Waals surface area contributed by atoms with Gasteiger partial charge in [-0.2, -0.15) is 0 Å². The minimum Gasteiger partial charge on any atom is -0.361 e. The van der Waals surface area contributed by atoms with Crippen molar-refractivity contribution in [2.24, 2.45) is 0 Å². The van der Waals surface area contributed by atoms with E-state index in [0.717, 1.165) is 11.5 Å². The van der Waals surface area contributed by atoms with Gasteiger partial charge in [-0.05, 0) is 13.8 Å². The molecule has 60 valence electrons. The summed E-state index contributed by atoms with van der Waals surface area (Å²) in [4.78, 5) is 10.6. The molecule has 0 radical (unpaired) electrons. The summed E-state index contributed by atoms with van der Waals surface area (Å²) in [7, 11) is 0. The zero-order chi connectivity index (χ0) is 8.27. The van der Waals surface area contributed by atoms with Crippen LogP contribution in [0.1, 0.15) is 24.8 Å². The average molecular weight is 153 g/mol. The van der Waals surface area contributed by atoms with E-state index >= 15 is 0 Å². The summed E-state index contributed by atoms with van der Waals surface area (Å²) in [6, 6.07) is 1.85. The molecule has 1 heterocycles. The van der Waals surface area contributed by atoms with Crippen molar-refractivity contribution in [1.82, 2.24) is 5.16 Å². The van der Waals surface area contributed by atoms with Crippen LogP contribution in [0, 0.1) is 6.92 Å². The first-order chi connectivity index (χ1) is 5.18. The van der Waals surface area contributed by atoms with Gasteiger partial charge in [0.15, 0.2) is 0 Å². The third kappa shape index (κ3) is 2.53. The topological polar surface area (TPSA) is 43.1 Å². The molecule has 0 aliphatic rings. The lowest BCUT2D eigenvalue weighted by Gasteiger charge is -1.88. The van der Waals surface area contributed by atoms with Gasteiger partial charge >= 0.3 is 0 Å². The van der Waals surface area contributed by atoms with Crippen LogP contribution >= 0.6 is 0 Å². The molecule has 0 N–H and O–H groups in total. The predicted molar refractivity (Wildman–Crippen MR) is 40.2 cm³/mol. The van der Waals surface area contributed by atoms with Crippen LogP contribution in [-0.4, -0.2) is 10.9 Å². The van der Waals surface area contributed by atoms with E-state index in [0.29, 0.717) is 12.8 Å². The zero-order valence-electron chi connectivity index (χ0n) is 6.76. The van der Waals surface area contributed by atoms with Crippen molar-refractivity contribution in [2.75, 3.05) is 0 Å². The second kappa shape index (κ2) is 3.32. The van der Waals surface area contributed by atoms with Gasteiger partial charge in [0.2, 0.25) is 0 Å². The molecule has 0 aliphatic heterocycles. The molecule has 1 aromatic heterocycles. The van der Waals surface area contributed by atoms with E-state index in [9.17, 15) is 4.79 Å². The molecule has 1 rings (SSSR count). The molecular formula is C8H11NO2. The quantitative estimate of drug-likeness (QED) is 0.661. The molecule has 11 heavy (non-hydrogen) atoms. The summed E-state index contributed by atoms with van der Waals surface area (Å²) in [6.07, 6.45) is 1.20. The summed E-state index contributed by atoms with van der Waals surface area (Å²) in [6.45, 7) is 3.43. The summed E-state index contributed by atoms with van der Waals surface area (Å²) in [5.41, 5.74) is 0.864. The molecule has 0 unspecified atom stereocenters. The van der Waals surface area contributed by atoms with Gasteiger partial charge < -0.3 is 9.32 Å². The molecule has 0 amide bonds. The van der Waals surface area contributed by atoms with E-state index in [4.69, 9.17) is 4.52 Å². The first-order valence-corrected chi connectivity index (χ1v) is 3.60. The van der Waals surface area contributed by atoms with Gasteiger partial charge in [-0.15, -0.1) is 0 Å². The highest BCUT2D eigenvalue weighted by Crippen LogP contribution is 2.04. The lowest BCUT2D eigenvalue weighted by molar-refractivity contribution is -0.117. The van der Waals surface area contributed by atoms with Crippen LogP contribution in [0.3, 0.4) is 0 Å². The lowest BCUT2D eigenvalue weighted by Crippen LogP contribution is -1.91. The second-order valence-corrected chi connectivity index (χ2v) is 2.64. The van der Waals surface area contributed by atoms with E-state index in [2.05, 4.69) is 5.16 Å². The molecule has 3 nitrogen and oxygen atoms in total. The maximum absolute atomic E-state index is 10.6. The van der Waals surface area contributed by atoms with Crippen molar-refractivity contribution in [2.45, 2.75) is 26.7 Å². The Bertz CT molecular complexity index is 252. The minimum atomic E-state index is 0.180. The third-order valence-corrected chi connectivity index (χ3v) is 1.40. The monoisotopic (exact) mass is 153 g/mol. The predicted octanol–water partition coefficient (Wildman–Crippen LogP) is 1.50. The average Bonchev–Trinajstić information content (AvgIpc) is 2.31. The number of ketones is 1. The van der Waals surface area contributed by atoms with E-state index in [1.54, 1.807) is 6.92 Å². The fourth-order valence-electron chi connectivity index (χ4n) is 0.833. The Morgan fingerprint density at radius 1 is 1.73 bits per heavy atom. The molecule has 0 atom stereocenters. The van der Waals surface area contributed by atoms with E-state index in [1.807, 2.05) is 13.0 Å². The maximum atomic E-state index is 10.6. The number of carbonyl (C=O) groups excluding carboxylic acids is 1. The van der Waals surface area contributed by atoms with Crippen LogP contribution in [0.15, 0.2) is 10.6 Å². The van der Waals surface area contributed by atoms with E-state index < -0.39 is 0 Å². The van der Waals surface area contributed by atoms with Crippen molar-refractivity contribution in [3.05, 3.63) is 17.5 Å². The number of carbonyl (C=O) groups is 1. The largest absolute Gasteiger partial charge is 0.361 e. The number of hydrogen-bond donors (Lipinski definition) is 0. The van der Waals surface area contributed by atoms with Crippen LogP contribution in [0.4, 0.5) is 0 Å².